The van der Waals surface area contributed by atoms with Crippen LogP contribution < -0.4 is 9.47 Å². The van der Waals surface area contributed by atoms with Crippen molar-refractivity contribution in [2.75, 3.05) is 6.79 Å². The number of aldehydes is 1. The van der Waals surface area contributed by atoms with Crippen LogP contribution in [-0.2, 0) is 0 Å². The summed E-state index contributed by atoms with van der Waals surface area (Å²) < 4.78 is 12.7. The van der Waals surface area contributed by atoms with Crippen LogP contribution in [0.4, 0.5) is 0 Å². The minimum atomic E-state index is 0.217. The zero-order valence-corrected chi connectivity index (χ0v) is 14.7. The molecule has 6 heteroatoms. The van der Waals surface area contributed by atoms with Gasteiger partial charge >= 0.3 is 0 Å². The molecule has 1 aliphatic rings. The van der Waals surface area contributed by atoms with Crippen LogP contribution in [0.2, 0.25) is 0 Å². The molecule has 5 nitrogen and oxygen atoms in total. The van der Waals surface area contributed by atoms with Crippen LogP contribution in [0, 0.1) is 6.92 Å². The lowest BCUT2D eigenvalue weighted by molar-refractivity contribution is 0.111. The smallest absolute Gasteiger partial charge is 0.231 e. The lowest BCUT2D eigenvalue weighted by Crippen LogP contribution is -1.94. The van der Waals surface area contributed by atoms with Crippen molar-refractivity contribution < 1.29 is 14.3 Å². The molecule has 0 radical (unpaired) electrons. The molecule has 128 valence electrons. The van der Waals surface area contributed by atoms with Gasteiger partial charge in [-0.15, -0.1) is 11.3 Å². The molecule has 0 saturated carbocycles. The minimum Gasteiger partial charge on any atom is -0.454 e. The van der Waals surface area contributed by atoms with Gasteiger partial charge < -0.3 is 9.47 Å². The molecule has 2 aromatic carbocycles. The lowest BCUT2D eigenvalue weighted by atomic mass is 10.1. The SMILES string of the molecule is Cc1ccc(-c2csc3nc(-c4ccc5c(c4)OCO5)c(C=O)n23)cc1. The number of hydrogen-bond acceptors (Lipinski definition) is 5. The maximum absolute atomic E-state index is 11.9. The molecule has 0 spiro atoms. The fourth-order valence-electron chi connectivity index (χ4n) is 3.17. The van der Waals surface area contributed by atoms with E-state index in [9.17, 15) is 4.79 Å². The molecule has 26 heavy (non-hydrogen) atoms. The summed E-state index contributed by atoms with van der Waals surface area (Å²) in [5, 5.41) is 2.03. The van der Waals surface area contributed by atoms with E-state index in [2.05, 4.69) is 31.2 Å². The van der Waals surface area contributed by atoms with E-state index in [0.717, 1.165) is 28.1 Å². The average molecular weight is 362 g/mol. The molecule has 0 aliphatic carbocycles. The Morgan fingerprint density at radius 1 is 1.08 bits per heavy atom. The number of hydrogen-bond donors (Lipinski definition) is 0. The quantitative estimate of drug-likeness (QED) is 0.501. The number of rotatable bonds is 3. The summed E-state index contributed by atoms with van der Waals surface area (Å²) in [4.78, 5) is 17.4. The summed E-state index contributed by atoms with van der Waals surface area (Å²) in [6.45, 7) is 2.27. The Morgan fingerprint density at radius 3 is 2.65 bits per heavy atom. The van der Waals surface area contributed by atoms with E-state index in [1.807, 2.05) is 28.0 Å². The highest BCUT2D eigenvalue weighted by Crippen LogP contribution is 2.38. The van der Waals surface area contributed by atoms with Gasteiger partial charge in [0, 0.05) is 10.9 Å². The first kappa shape index (κ1) is 15.2. The van der Waals surface area contributed by atoms with E-state index in [1.165, 1.54) is 16.9 Å². The standard InChI is InChI=1S/C20H14N2O3S/c1-12-2-4-13(5-3-12)16-10-26-20-21-19(15(9-23)22(16)20)14-6-7-17-18(8-14)25-11-24-17/h2-10H,11H2,1H3. The highest BCUT2D eigenvalue weighted by Gasteiger charge is 2.21. The molecule has 0 unspecified atom stereocenters. The van der Waals surface area contributed by atoms with Crippen molar-refractivity contribution in [2.45, 2.75) is 6.92 Å². The third-order valence-electron chi connectivity index (χ3n) is 4.50. The summed E-state index contributed by atoms with van der Waals surface area (Å²) >= 11 is 1.52. The first-order valence-electron chi connectivity index (χ1n) is 8.17. The van der Waals surface area contributed by atoms with Gasteiger partial charge in [0.1, 0.15) is 11.4 Å². The van der Waals surface area contributed by atoms with Gasteiger partial charge in [0.05, 0.1) is 5.69 Å². The van der Waals surface area contributed by atoms with E-state index in [1.54, 1.807) is 0 Å². The van der Waals surface area contributed by atoms with Gasteiger partial charge in [-0.2, -0.15) is 0 Å². The normalized spacial score (nSPS) is 12.7. The number of aryl methyl sites for hydroxylation is 1. The molecule has 0 fully saturated rings. The van der Waals surface area contributed by atoms with Crippen molar-refractivity contribution in [3.63, 3.8) is 0 Å². The Hall–Kier alpha value is -3.12. The van der Waals surface area contributed by atoms with Crippen molar-refractivity contribution in [1.82, 2.24) is 9.38 Å². The summed E-state index contributed by atoms with van der Waals surface area (Å²) in [5.74, 6) is 1.39. The first-order chi connectivity index (χ1) is 12.7. The van der Waals surface area contributed by atoms with Crippen LogP contribution in [0.1, 0.15) is 16.1 Å². The number of nitrogens with zero attached hydrogens (tertiary/aromatic N) is 2. The minimum absolute atomic E-state index is 0.217. The number of aromatic nitrogens is 2. The number of carbonyl (C=O) groups excluding carboxylic acids is 1. The van der Waals surface area contributed by atoms with Crippen molar-refractivity contribution in [3.05, 3.63) is 59.1 Å². The Labute approximate surface area is 153 Å². The summed E-state index contributed by atoms with van der Waals surface area (Å²) in [6.07, 6.45) is 0.865. The maximum atomic E-state index is 11.9. The molecule has 3 heterocycles. The van der Waals surface area contributed by atoms with Gasteiger partial charge in [0.25, 0.3) is 0 Å². The zero-order chi connectivity index (χ0) is 17.7. The van der Waals surface area contributed by atoms with Gasteiger partial charge in [-0.1, -0.05) is 29.8 Å². The number of carbonyl (C=O) groups is 1. The summed E-state index contributed by atoms with van der Waals surface area (Å²) in [5.41, 5.74) is 5.24. The van der Waals surface area contributed by atoms with Crippen LogP contribution in [0.15, 0.2) is 47.8 Å². The summed E-state index contributed by atoms with van der Waals surface area (Å²) in [6, 6.07) is 13.9. The highest BCUT2D eigenvalue weighted by molar-refractivity contribution is 7.15. The Kier molecular flexibility index (Phi) is 3.33. The molecule has 0 bridgehead atoms. The van der Waals surface area contributed by atoms with E-state index in [0.29, 0.717) is 22.9 Å². The Morgan fingerprint density at radius 2 is 1.85 bits per heavy atom. The molecule has 0 N–H and O–H groups in total. The third-order valence-corrected chi connectivity index (χ3v) is 5.33. The second-order valence-electron chi connectivity index (χ2n) is 6.14. The van der Waals surface area contributed by atoms with Crippen molar-refractivity contribution >= 4 is 22.6 Å². The zero-order valence-electron chi connectivity index (χ0n) is 13.9. The van der Waals surface area contributed by atoms with Crippen molar-refractivity contribution in [3.8, 4) is 34.0 Å². The van der Waals surface area contributed by atoms with Gasteiger partial charge in [0.2, 0.25) is 6.79 Å². The lowest BCUT2D eigenvalue weighted by Gasteiger charge is -2.04. The molecular weight excluding hydrogens is 348 g/mol. The third kappa shape index (κ3) is 2.23. The maximum Gasteiger partial charge on any atom is 0.231 e. The van der Waals surface area contributed by atoms with E-state index in [4.69, 9.17) is 14.5 Å². The molecular formula is C20H14N2O3S. The Bertz CT molecular complexity index is 1140. The van der Waals surface area contributed by atoms with Gasteiger partial charge in [-0.05, 0) is 30.7 Å². The topological polar surface area (TPSA) is 52.8 Å². The van der Waals surface area contributed by atoms with Crippen LogP contribution in [0.25, 0.3) is 27.5 Å². The monoisotopic (exact) mass is 362 g/mol. The second kappa shape index (κ2) is 5.71. The number of benzene rings is 2. The van der Waals surface area contributed by atoms with Gasteiger partial charge in [0.15, 0.2) is 22.7 Å². The molecule has 0 atom stereocenters. The van der Waals surface area contributed by atoms with Crippen molar-refractivity contribution in [1.29, 1.82) is 0 Å². The molecule has 4 aromatic rings. The van der Waals surface area contributed by atoms with Crippen LogP contribution in [0.5, 0.6) is 11.5 Å². The fourth-order valence-corrected chi connectivity index (χ4v) is 4.08. The van der Waals surface area contributed by atoms with Gasteiger partial charge in [-0.3, -0.25) is 9.20 Å². The van der Waals surface area contributed by atoms with Crippen LogP contribution in [-0.4, -0.2) is 22.5 Å². The molecule has 1 aliphatic heterocycles. The summed E-state index contributed by atoms with van der Waals surface area (Å²) in [7, 11) is 0. The molecule has 5 rings (SSSR count). The number of fused-ring (bicyclic) bond motifs is 2. The highest BCUT2D eigenvalue weighted by atomic mass is 32.1. The first-order valence-corrected chi connectivity index (χ1v) is 9.05. The largest absolute Gasteiger partial charge is 0.454 e. The van der Waals surface area contributed by atoms with Crippen molar-refractivity contribution in [2.24, 2.45) is 0 Å². The second-order valence-corrected chi connectivity index (χ2v) is 6.97. The predicted octanol–water partition coefficient (Wildman–Crippen LogP) is 4.58. The number of thiazole rings is 1. The van der Waals surface area contributed by atoms with E-state index in [-0.39, 0.29) is 6.79 Å². The number of ether oxygens (including phenoxy) is 2. The molecule has 0 saturated heterocycles. The average Bonchev–Trinajstić information content (AvgIpc) is 3.36. The van der Waals surface area contributed by atoms with Crippen LogP contribution in [0.3, 0.4) is 0 Å². The molecule has 0 amide bonds. The molecule has 2 aromatic heterocycles. The predicted molar refractivity (Wildman–Crippen MR) is 100 cm³/mol. The number of imidazole rings is 1. The fraction of sp³-hybridized carbons (Fsp3) is 0.100. The van der Waals surface area contributed by atoms with E-state index >= 15 is 0 Å². The van der Waals surface area contributed by atoms with Crippen LogP contribution >= 0.6 is 11.3 Å². The van der Waals surface area contributed by atoms with Gasteiger partial charge in [-0.25, -0.2) is 4.98 Å². The Balaban J connectivity index is 1.70. The van der Waals surface area contributed by atoms with E-state index < -0.39 is 0 Å².